The number of ether oxygens (including phenoxy) is 1. The molecule has 2 amide bonds. The SMILES string of the molecule is Cc1cccc(NC(=O)NC2(C)CCOC2)c1C(=O)O. The number of amides is 2. The summed E-state index contributed by atoms with van der Waals surface area (Å²) < 4.78 is 5.26. The third-order valence-corrected chi connectivity index (χ3v) is 3.37. The molecule has 1 aliphatic rings. The lowest BCUT2D eigenvalue weighted by atomic mass is 10.0. The molecule has 0 radical (unpaired) electrons. The van der Waals surface area contributed by atoms with Gasteiger partial charge in [-0.25, -0.2) is 9.59 Å². The van der Waals surface area contributed by atoms with Crippen molar-refractivity contribution in [2.45, 2.75) is 25.8 Å². The Morgan fingerprint density at radius 2 is 2.15 bits per heavy atom. The summed E-state index contributed by atoms with van der Waals surface area (Å²) in [6.45, 7) is 4.66. The number of carboxylic acid groups (broad SMARTS) is 1. The number of anilines is 1. The number of aromatic carboxylic acids is 1. The highest BCUT2D eigenvalue weighted by atomic mass is 16.5. The molecule has 20 heavy (non-hydrogen) atoms. The lowest BCUT2D eigenvalue weighted by Gasteiger charge is -2.24. The van der Waals surface area contributed by atoms with Gasteiger partial charge >= 0.3 is 12.0 Å². The highest BCUT2D eigenvalue weighted by molar-refractivity contribution is 6.01. The molecule has 1 unspecified atom stereocenters. The van der Waals surface area contributed by atoms with E-state index in [0.717, 1.165) is 6.42 Å². The summed E-state index contributed by atoms with van der Waals surface area (Å²) >= 11 is 0. The van der Waals surface area contributed by atoms with E-state index in [4.69, 9.17) is 4.74 Å². The topological polar surface area (TPSA) is 87.7 Å². The lowest BCUT2D eigenvalue weighted by molar-refractivity contribution is 0.0697. The van der Waals surface area contributed by atoms with Crippen LogP contribution >= 0.6 is 0 Å². The molecular weight excluding hydrogens is 260 g/mol. The first-order valence-corrected chi connectivity index (χ1v) is 6.41. The zero-order valence-corrected chi connectivity index (χ0v) is 11.5. The van der Waals surface area contributed by atoms with Gasteiger partial charge in [0, 0.05) is 6.61 Å². The van der Waals surface area contributed by atoms with Crippen molar-refractivity contribution in [3.63, 3.8) is 0 Å². The molecule has 0 aliphatic carbocycles. The van der Waals surface area contributed by atoms with E-state index >= 15 is 0 Å². The van der Waals surface area contributed by atoms with Crippen LogP contribution in [0.15, 0.2) is 18.2 Å². The molecule has 1 fully saturated rings. The average molecular weight is 278 g/mol. The van der Waals surface area contributed by atoms with Gasteiger partial charge < -0.3 is 20.5 Å². The summed E-state index contributed by atoms with van der Waals surface area (Å²) in [7, 11) is 0. The van der Waals surface area contributed by atoms with Crippen LogP contribution in [0.25, 0.3) is 0 Å². The molecule has 3 N–H and O–H groups in total. The van der Waals surface area contributed by atoms with E-state index in [1.807, 2.05) is 6.92 Å². The monoisotopic (exact) mass is 278 g/mol. The Morgan fingerprint density at radius 3 is 2.75 bits per heavy atom. The molecular formula is C14H18N2O4. The lowest BCUT2D eigenvalue weighted by Crippen LogP contribution is -2.48. The van der Waals surface area contributed by atoms with Crippen molar-refractivity contribution in [2.75, 3.05) is 18.5 Å². The Bertz CT molecular complexity index is 536. The van der Waals surface area contributed by atoms with E-state index in [2.05, 4.69) is 10.6 Å². The van der Waals surface area contributed by atoms with Gasteiger partial charge in [-0.15, -0.1) is 0 Å². The number of nitrogens with one attached hydrogen (secondary N) is 2. The van der Waals surface area contributed by atoms with Crippen molar-refractivity contribution in [1.29, 1.82) is 0 Å². The largest absolute Gasteiger partial charge is 0.478 e. The maximum Gasteiger partial charge on any atom is 0.338 e. The molecule has 108 valence electrons. The van der Waals surface area contributed by atoms with E-state index in [0.29, 0.717) is 18.8 Å². The molecule has 0 saturated carbocycles. The van der Waals surface area contributed by atoms with Crippen molar-refractivity contribution in [3.05, 3.63) is 29.3 Å². The fraction of sp³-hybridized carbons (Fsp3) is 0.429. The normalized spacial score (nSPS) is 21.5. The van der Waals surface area contributed by atoms with Crippen LogP contribution in [-0.2, 0) is 4.74 Å². The highest BCUT2D eigenvalue weighted by Crippen LogP contribution is 2.21. The van der Waals surface area contributed by atoms with E-state index < -0.39 is 17.5 Å². The van der Waals surface area contributed by atoms with Gasteiger partial charge in [-0.3, -0.25) is 0 Å². The molecule has 1 aliphatic heterocycles. The van der Waals surface area contributed by atoms with Crippen molar-refractivity contribution in [3.8, 4) is 0 Å². The summed E-state index contributed by atoms with van der Waals surface area (Å²) in [6, 6.07) is 4.55. The Labute approximate surface area is 117 Å². The summed E-state index contributed by atoms with van der Waals surface area (Å²) in [6.07, 6.45) is 0.736. The number of benzene rings is 1. The first kappa shape index (κ1) is 14.3. The fourth-order valence-electron chi connectivity index (χ4n) is 2.25. The maximum absolute atomic E-state index is 12.0. The van der Waals surface area contributed by atoms with Gasteiger partial charge in [0.15, 0.2) is 0 Å². The standard InChI is InChI=1S/C14H18N2O4/c1-9-4-3-5-10(11(9)12(17)18)15-13(19)16-14(2)6-7-20-8-14/h3-5H,6-8H2,1-2H3,(H,17,18)(H2,15,16,19). The molecule has 0 spiro atoms. The summed E-state index contributed by atoms with van der Waals surface area (Å²) in [5.41, 5.74) is 0.593. The van der Waals surface area contributed by atoms with E-state index in [9.17, 15) is 14.7 Å². The zero-order chi connectivity index (χ0) is 14.8. The average Bonchev–Trinajstić information content (AvgIpc) is 2.74. The predicted molar refractivity (Wildman–Crippen MR) is 74.1 cm³/mol. The van der Waals surface area contributed by atoms with Crippen LogP contribution in [0, 0.1) is 6.92 Å². The number of carbonyl (C=O) groups excluding carboxylic acids is 1. The van der Waals surface area contributed by atoms with Gasteiger partial charge in [-0.1, -0.05) is 12.1 Å². The molecule has 1 aromatic rings. The van der Waals surface area contributed by atoms with Crippen molar-refractivity contribution in [2.24, 2.45) is 0 Å². The quantitative estimate of drug-likeness (QED) is 0.789. The number of carbonyl (C=O) groups is 2. The van der Waals surface area contributed by atoms with Crippen molar-refractivity contribution in [1.82, 2.24) is 5.32 Å². The van der Waals surface area contributed by atoms with E-state index in [1.54, 1.807) is 25.1 Å². The maximum atomic E-state index is 12.0. The third kappa shape index (κ3) is 3.08. The van der Waals surface area contributed by atoms with Crippen LogP contribution in [0.1, 0.15) is 29.3 Å². The zero-order valence-electron chi connectivity index (χ0n) is 11.5. The Kier molecular flexibility index (Phi) is 3.94. The minimum absolute atomic E-state index is 0.107. The number of urea groups is 1. The number of rotatable bonds is 3. The molecule has 1 heterocycles. The Balaban J connectivity index is 2.12. The smallest absolute Gasteiger partial charge is 0.338 e. The molecule has 1 atom stereocenters. The second kappa shape index (κ2) is 5.50. The van der Waals surface area contributed by atoms with Gasteiger partial charge in [-0.05, 0) is 31.9 Å². The summed E-state index contributed by atoms with van der Waals surface area (Å²) in [4.78, 5) is 23.2. The van der Waals surface area contributed by atoms with E-state index in [-0.39, 0.29) is 11.3 Å². The predicted octanol–water partition coefficient (Wildman–Crippen LogP) is 1.99. The molecule has 1 aromatic carbocycles. The van der Waals surface area contributed by atoms with Crippen LogP contribution in [0.4, 0.5) is 10.5 Å². The second-order valence-electron chi connectivity index (χ2n) is 5.24. The molecule has 2 rings (SSSR count). The number of hydrogen-bond donors (Lipinski definition) is 3. The first-order chi connectivity index (χ1) is 9.41. The number of carboxylic acids is 1. The highest BCUT2D eigenvalue weighted by Gasteiger charge is 2.31. The van der Waals surface area contributed by atoms with Gasteiger partial charge in [0.05, 0.1) is 23.4 Å². The van der Waals surface area contributed by atoms with Crippen LogP contribution < -0.4 is 10.6 Å². The number of aryl methyl sites for hydroxylation is 1. The van der Waals surface area contributed by atoms with Crippen LogP contribution in [0.3, 0.4) is 0 Å². The Morgan fingerprint density at radius 1 is 1.40 bits per heavy atom. The van der Waals surface area contributed by atoms with E-state index in [1.165, 1.54) is 0 Å². The molecule has 6 heteroatoms. The summed E-state index contributed by atoms with van der Waals surface area (Å²) in [5.74, 6) is -1.06. The van der Waals surface area contributed by atoms with Gasteiger partial charge in [0.25, 0.3) is 0 Å². The molecule has 6 nitrogen and oxygen atoms in total. The van der Waals surface area contributed by atoms with Crippen LogP contribution in [0.2, 0.25) is 0 Å². The minimum atomic E-state index is -1.06. The van der Waals surface area contributed by atoms with Gasteiger partial charge in [-0.2, -0.15) is 0 Å². The summed E-state index contributed by atoms with van der Waals surface area (Å²) in [5, 5.41) is 14.6. The second-order valence-corrected chi connectivity index (χ2v) is 5.24. The third-order valence-electron chi connectivity index (χ3n) is 3.37. The van der Waals surface area contributed by atoms with Crippen LogP contribution in [-0.4, -0.2) is 35.9 Å². The molecule has 1 saturated heterocycles. The van der Waals surface area contributed by atoms with Crippen molar-refractivity contribution >= 4 is 17.7 Å². The van der Waals surface area contributed by atoms with Crippen molar-refractivity contribution < 1.29 is 19.4 Å². The fourth-order valence-corrected chi connectivity index (χ4v) is 2.25. The van der Waals surface area contributed by atoms with Gasteiger partial charge in [0.2, 0.25) is 0 Å². The Hall–Kier alpha value is -2.08. The molecule has 0 aromatic heterocycles. The minimum Gasteiger partial charge on any atom is -0.478 e. The van der Waals surface area contributed by atoms with Crippen LogP contribution in [0.5, 0.6) is 0 Å². The number of hydrogen-bond acceptors (Lipinski definition) is 3. The van der Waals surface area contributed by atoms with Gasteiger partial charge in [0.1, 0.15) is 0 Å². The molecule has 0 bridgehead atoms. The first-order valence-electron chi connectivity index (χ1n) is 6.41.